The fourth-order valence-corrected chi connectivity index (χ4v) is 2.44. The van der Waals surface area contributed by atoms with Crippen molar-refractivity contribution in [2.45, 2.75) is 12.3 Å². The molecule has 0 saturated carbocycles. The molecule has 0 saturated heterocycles. The molecule has 0 radical (unpaired) electrons. The highest BCUT2D eigenvalue weighted by Crippen LogP contribution is 2.32. The monoisotopic (exact) mass is 366 g/mol. The van der Waals surface area contributed by atoms with E-state index in [4.69, 9.17) is 16.3 Å². The van der Waals surface area contributed by atoms with Crippen molar-refractivity contribution in [3.63, 3.8) is 0 Å². The number of carbonyl (C=O) groups is 1. The van der Waals surface area contributed by atoms with Crippen molar-refractivity contribution < 1.29 is 18.3 Å². The summed E-state index contributed by atoms with van der Waals surface area (Å²) >= 11 is 5.13. The molecule has 1 N–H and O–H groups in total. The van der Waals surface area contributed by atoms with Crippen LogP contribution in [0.15, 0.2) is 36.4 Å². The number of amides is 1. The number of alkyl halides is 3. The zero-order chi connectivity index (χ0) is 18.2. The van der Waals surface area contributed by atoms with Gasteiger partial charge in [0.05, 0.1) is 7.11 Å². The molecular formula is C16H13ClF2N4O2. The van der Waals surface area contributed by atoms with Crippen molar-refractivity contribution >= 4 is 28.8 Å². The Morgan fingerprint density at radius 2 is 2.08 bits per heavy atom. The number of benzene rings is 1. The van der Waals surface area contributed by atoms with Crippen LogP contribution in [0, 0.1) is 6.92 Å². The molecule has 3 rings (SSSR count). The molecule has 0 spiro atoms. The van der Waals surface area contributed by atoms with E-state index in [-0.39, 0.29) is 11.3 Å². The molecular weight excluding hydrogens is 354 g/mol. The Labute approximate surface area is 146 Å². The minimum absolute atomic E-state index is 0.0666. The Kier molecular flexibility index (Phi) is 4.30. The zero-order valence-corrected chi connectivity index (χ0v) is 14.0. The number of nitrogens with one attached hydrogen (secondary N) is 1. The Balaban J connectivity index is 1.97. The summed E-state index contributed by atoms with van der Waals surface area (Å²) in [5.74, 6) is -0.00518. The van der Waals surface area contributed by atoms with E-state index in [1.54, 1.807) is 31.2 Å². The van der Waals surface area contributed by atoms with Crippen LogP contribution in [0.4, 0.5) is 14.5 Å². The van der Waals surface area contributed by atoms with Gasteiger partial charge < -0.3 is 10.1 Å². The van der Waals surface area contributed by atoms with Crippen LogP contribution in [0.2, 0.25) is 0 Å². The number of hydrogen-bond acceptors (Lipinski definition) is 4. The third kappa shape index (κ3) is 3.53. The Hall–Kier alpha value is -2.74. The highest BCUT2D eigenvalue weighted by Gasteiger charge is 2.32. The van der Waals surface area contributed by atoms with Crippen molar-refractivity contribution in [2.75, 3.05) is 12.4 Å². The van der Waals surface area contributed by atoms with E-state index < -0.39 is 17.0 Å². The summed E-state index contributed by atoms with van der Waals surface area (Å²) in [4.78, 5) is 16.4. The quantitative estimate of drug-likeness (QED) is 0.716. The van der Waals surface area contributed by atoms with Gasteiger partial charge in [-0.25, -0.2) is 9.50 Å². The second-order valence-corrected chi connectivity index (χ2v) is 5.74. The zero-order valence-electron chi connectivity index (χ0n) is 13.3. The van der Waals surface area contributed by atoms with E-state index in [1.807, 2.05) is 0 Å². The number of nitrogens with zero attached hydrogens (tertiary/aromatic N) is 3. The van der Waals surface area contributed by atoms with E-state index in [0.717, 1.165) is 10.6 Å². The number of ether oxygens (including phenoxy) is 1. The maximum Gasteiger partial charge on any atom is 0.364 e. The Bertz CT molecular complexity index is 953. The maximum absolute atomic E-state index is 13.6. The Morgan fingerprint density at radius 1 is 1.32 bits per heavy atom. The predicted molar refractivity (Wildman–Crippen MR) is 88.4 cm³/mol. The molecule has 130 valence electrons. The van der Waals surface area contributed by atoms with Crippen LogP contribution in [0.3, 0.4) is 0 Å². The van der Waals surface area contributed by atoms with Crippen LogP contribution in [-0.2, 0) is 5.38 Å². The highest BCUT2D eigenvalue weighted by molar-refractivity contribution is 6.21. The number of aromatic nitrogens is 3. The first kappa shape index (κ1) is 17.1. The second-order valence-electron chi connectivity index (χ2n) is 5.27. The molecule has 0 aliphatic heterocycles. The summed E-state index contributed by atoms with van der Waals surface area (Å²) in [5, 5.41) is 2.89. The number of carbonyl (C=O) groups excluding carboxylic acids is 1. The molecule has 0 aliphatic carbocycles. The predicted octanol–water partition coefficient (Wildman–Crippen LogP) is 3.59. The van der Waals surface area contributed by atoms with Crippen LogP contribution in [0.1, 0.15) is 21.9 Å². The van der Waals surface area contributed by atoms with Gasteiger partial charge in [0.25, 0.3) is 5.91 Å². The van der Waals surface area contributed by atoms with Gasteiger partial charge in [0.2, 0.25) is 0 Å². The third-order valence-electron chi connectivity index (χ3n) is 3.41. The molecule has 25 heavy (non-hydrogen) atoms. The second kappa shape index (κ2) is 6.29. The fraction of sp³-hybridized carbons (Fsp3) is 0.188. The van der Waals surface area contributed by atoms with Gasteiger partial charge in [-0.05, 0) is 36.7 Å². The van der Waals surface area contributed by atoms with Gasteiger partial charge in [0, 0.05) is 23.5 Å². The molecule has 0 bridgehead atoms. The van der Waals surface area contributed by atoms with E-state index in [0.29, 0.717) is 17.1 Å². The number of rotatable bonds is 4. The van der Waals surface area contributed by atoms with Gasteiger partial charge >= 0.3 is 5.38 Å². The van der Waals surface area contributed by atoms with Gasteiger partial charge in [-0.15, -0.1) is 0 Å². The molecule has 0 fully saturated rings. The first-order valence-electron chi connectivity index (χ1n) is 7.18. The number of fused-ring (bicyclic) bond motifs is 1. The van der Waals surface area contributed by atoms with Gasteiger partial charge in [0.15, 0.2) is 11.3 Å². The van der Waals surface area contributed by atoms with Crippen LogP contribution < -0.4 is 10.1 Å². The molecule has 1 amide bonds. The third-order valence-corrected chi connectivity index (χ3v) is 3.60. The van der Waals surface area contributed by atoms with Crippen LogP contribution >= 0.6 is 11.6 Å². The van der Waals surface area contributed by atoms with Crippen LogP contribution in [-0.4, -0.2) is 27.6 Å². The van der Waals surface area contributed by atoms with Crippen molar-refractivity contribution in [2.24, 2.45) is 0 Å². The molecule has 2 heterocycles. The van der Waals surface area contributed by atoms with Crippen LogP contribution in [0.25, 0.3) is 5.65 Å². The van der Waals surface area contributed by atoms with E-state index >= 15 is 0 Å². The van der Waals surface area contributed by atoms with Crippen molar-refractivity contribution in [1.82, 2.24) is 14.6 Å². The molecule has 0 atom stereocenters. The number of anilines is 1. The fourth-order valence-electron chi connectivity index (χ4n) is 2.31. The molecule has 6 nitrogen and oxygen atoms in total. The number of hydrogen-bond donors (Lipinski definition) is 1. The van der Waals surface area contributed by atoms with Gasteiger partial charge in [-0.3, -0.25) is 4.79 Å². The molecule has 3 aromatic rings. The lowest BCUT2D eigenvalue weighted by atomic mass is 10.3. The molecule has 1 aromatic carbocycles. The molecule has 0 unspecified atom stereocenters. The minimum atomic E-state index is -3.64. The maximum atomic E-state index is 13.6. The smallest absolute Gasteiger partial charge is 0.364 e. The summed E-state index contributed by atoms with van der Waals surface area (Å²) < 4.78 is 33.1. The normalized spacial score (nSPS) is 11.6. The van der Waals surface area contributed by atoms with Gasteiger partial charge in [0.1, 0.15) is 11.4 Å². The minimum Gasteiger partial charge on any atom is -0.497 e. The van der Waals surface area contributed by atoms with Gasteiger partial charge in [-0.2, -0.15) is 13.9 Å². The van der Waals surface area contributed by atoms with Gasteiger partial charge in [-0.1, -0.05) is 6.07 Å². The lowest BCUT2D eigenvalue weighted by molar-refractivity contribution is 0.0868. The summed E-state index contributed by atoms with van der Waals surface area (Å²) in [5.41, 5.74) is 0.294. The first-order chi connectivity index (χ1) is 11.8. The summed E-state index contributed by atoms with van der Waals surface area (Å²) in [6, 6.07) is 9.15. The average Bonchev–Trinajstić information content (AvgIpc) is 2.97. The average molecular weight is 367 g/mol. The van der Waals surface area contributed by atoms with E-state index in [9.17, 15) is 13.6 Å². The van der Waals surface area contributed by atoms with Crippen molar-refractivity contribution in [1.29, 1.82) is 0 Å². The molecule has 2 aromatic heterocycles. The lowest BCUT2D eigenvalue weighted by Gasteiger charge is -2.10. The van der Waals surface area contributed by atoms with E-state index in [2.05, 4.69) is 15.4 Å². The van der Waals surface area contributed by atoms with Crippen molar-refractivity contribution in [3.05, 3.63) is 53.5 Å². The summed E-state index contributed by atoms with van der Waals surface area (Å²) in [6.45, 7) is 1.55. The molecule has 0 aliphatic rings. The Morgan fingerprint density at radius 3 is 2.76 bits per heavy atom. The van der Waals surface area contributed by atoms with Crippen LogP contribution in [0.5, 0.6) is 5.75 Å². The van der Waals surface area contributed by atoms with E-state index in [1.165, 1.54) is 13.2 Å². The lowest BCUT2D eigenvalue weighted by Crippen LogP contribution is -2.15. The largest absolute Gasteiger partial charge is 0.497 e. The SMILES string of the molecule is COc1cccc(NC(=O)c2cc3nc(C)cc(C(F)(F)Cl)n3n2)c1. The number of aryl methyl sites for hydroxylation is 1. The number of halogens is 3. The first-order valence-corrected chi connectivity index (χ1v) is 7.56. The summed E-state index contributed by atoms with van der Waals surface area (Å²) in [7, 11) is 1.50. The topological polar surface area (TPSA) is 68.5 Å². The number of methoxy groups -OCH3 is 1. The van der Waals surface area contributed by atoms with Crippen molar-refractivity contribution in [3.8, 4) is 5.75 Å². The highest BCUT2D eigenvalue weighted by atomic mass is 35.5. The molecule has 9 heteroatoms. The summed E-state index contributed by atoms with van der Waals surface area (Å²) in [6.07, 6.45) is 0. The standard InChI is InChI=1S/C16H13ClF2N4O2/c1-9-6-13(16(17,18)19)23-14(20-9)8-12(22-23)15(24)21-10-4-3-5-11(7-10)25-2/h3-8H,1-2H3,(H,21,24).